The Labute approximate surface area is 71.0 Å². The van der Waals surface area contributed by atoms with Gasteiger partial charge in [-0.25, -0.2) is 0 Å². The number of hydrogen-bond acceptors (Lipinski definition) is 0. The molecule has 0 heterocycles. The van der Waals surface area contributed by atoms with Gasteiger partial charge in [-0.15, -0.1) is 0 Å². The van der Waals surface area contributed by atoms with Crippen molar-refractivity contribution in [3.63, 3.8) is 0 Å². The maximum absolute atomic E-state index is 3.77. The highest BCUT2D eigenvalue weighted by Crippen LogP contribution is 1.96. The van der Waals surface area contributed by atoms with Gasteiger partial charge < -0.3 is 0 Å². The van der Waals surface area contributed by atoms with Crippen LogP contribution in [0.1, 0.15) is 39.0 Å². The zero-order valence-corrected chi connectivity index (χ0v) is 7.55. The van der Waals surface area contributed by atoms with Crippen LogP contribution in [0.3, 0.4) is 0 Å². The van der Waals surface area contributed by atoms with Crippen LogP contribution in [-0.2, 0) is 0 Å². The molecule has 0 N–H and O–H groups in total. The highest BCUT2D eigenvalue weighted by molar-refractivity contribution is 4.87. The number of hydrogen-bond donors (Lipinski definition) is 0. The van der Waals surface area contributed by atoms with Gasteiger partial charge in [-0.05, 0) is 32.1 Å². The summed E-state index contributed by atoms with van der Waals surface area (Å²) in [5.41, 5.74) is 0. The van der Waals surface area contributed by atoms with Crippen molar-refractivity contribution in [2.24, 2.45) is 0 Å². The molecule has 0 aliphatic rings. The van der Waals surface area contributed by atoms with E-state index in [1.54, 1.807) is 0 Å². The first-order valence-corrected chi connectivity index (χ1v) is 4.51. The molecule has 0 atom stereocenters. The summed E-state index contributed by atoms with van der Waals surface area (Å²) in [4.78, 5) is 0. The van der Waals surface area contributed by atoms with Crippen molar-refractivity contribution >= 4 is 0 Å². The van der Waals surface area contributed by atoms with E-state index in [2.05, 4.69) is 38.2 Å². The Balaban J connectivity index is 3.06. The van der Waals surface area contributed by atoms with E-state index in [0.29, 0.717) is 0 Å². The van der Waals surface area contributed by atoms with Crippen LogP contribution in [0.15, 0.2) is 24.3 Å². The Morgan fingerprint density at radius 2 is 1.45 bits per heavy atom. The summed E-state index contributed by atoms with van der Waals surface area (Å²) in [6.07, 6.45) is 14.6. The van der Waals surface area contributed by atoms with Crippen molar-refractivity contribution in [2.75, 3.05) is 0 Å². The monoisotopic (exact) mass is 151 g/mol. The van der Waals surface area contributed by atoms with E-state index in [9.17, 15) is 0 Å². The first-order chi connectivity index (χ1) is 5.41. The van der Waals surface area contributed by atoms with Crippen molar-refractivity contribution in [1.29, 1.82) is 0 Å². The van der Waals surface area contributed by atoms with Gasteiger partial charge in [0.1, 0.15) is 0 Å². The molecule has 0 aromatic carbocycles. The van der Waals surface area contributed by atoms with Crippen LogP contribution >= 0.6 is 0 Å². The van der Waals surface area contributed by atoms with E-state index in [4.69, 9.17) is 0 Å². The summed E-state index contributed by atoms with van der Waals surface area (Å²) >= 11 is 0. The van der Waals surface area contributed by atoms with Crippen molar-refractivity contribution in [3.8, 4) is 0 Å². The van der Waals surface area contributed by atoms with Crippen LogP contribution in [0.5, 0.6) is 0 Å². The van der Waals surface area contributed by atoms with E-state index in [-0.39, 0.29) is 0 Å². The second kappa shape index (κ2) is 9.48. The third-order valence-corrected chi connectivity index (χ3v) is 1.44. The lowest BCUT2D eigenvalue weighted by atomic mass is 10.2. The molecule has 0 aromatic rings. The summed E-state index contributed by atoms with van der Waals surface area (Å²) < 4.78 is 0. The molecule has 0 nitrogen and oxygen atoms in total. The van der Waals surface area contributed by atoms with Crippen LogP contribution in [0.2, 0.25) is 0 Å². The van der Waals surface area contributed by atoms with Gasteiger partial charge in [0.25, 0.3) is 0 Å². The summed E-state index contributed by atoms with van der Waals surface area (Å²) in [7, 11) is 0. The third kappa shape index (κ3) is 9.48. The minimum Gasteiger partial charge on any atom is -0.0888 e. The zero-order chi connectivity index (χ0) is 8.36. The molecule has 0 saturated heterocycles. The van der Waals surface area contributed by atoms with Gasteiger partial charge in [0.2, 0.25) is 0 Å². The molecular weight excluding hydrogens is 132 g/mol. The summed E-state index contributed by atoms with van der Waals surface area (Å²) in [5.74, 6) is 0. The van der Waals surface area contributed by atoms with Gasteiger partial charge in [0, 0.05) is 0 Å². The lowest BCUT2D eigenvalue weighted by Gasteiger charge is -1.86. The highest BCUT2D eigenvalue weighted by Gasteiger charge is 1.76. The zero-order valence-electron chi connectivity index (χ0n) is 7.55. The molecule has 63 valence electrons. The molecule has 0 fully saturated rings. The maximum Gasteiger partial charge on any atom is -0.0316 e. The second-order valence-electron chi connectivity index (χ2n) is 2.57. The molecule has 0 aromatic heterocycles. The van der Waals surface area contributed by atoms with E-state index in [0.717, 1.165) is 19.3 Å². The van der Waals surface area contributed by atoms with Crippen molar-refractivity contribution < 1.29 is 0 Å². The molecule has 0 bridgehead atoms. The topological polar surface area (TPSA) is 0 Å². The average Bonchev–Trinajstić information content (AvgIpc) is 2.03. The Morgan fingerprint density at radius 1 is 0.909 bits per heavy atom. The number of allylic oxidation sites excluding steroid dienone is 4. The molecule has 1 radical (unpaired) electrons. The van der Waals surface area contributed by atoms with E-state index >= 15 is 0 Å². The van der Waals surface area contributed by atoms with Gasteiger partial charge in [-0.1, -0.05) is 38.2 Å². The fourth-order valence-corrected chi connectivity index (χ4v) is 0.831. The minimum absolute atomic E-state index is 1.02. The van der Waals surface area contributed by atoms with Crippen molar-refractivity contribution in [1.82, 2.24) is 0 Å². The predicted molar refractivity (Wildman–Crippen MR) is 52.4 cm³/mol. The van der Waals surface area contributed by atoms with Gasteiger partial charge in [-0.3, -0.25) is 0 Å². The summed E-state index contributed by atoms with van der Waals surface area (Å²) in [6, 6.07) is 0. The summed E-state index contributed by atoms with van der Waals surface area (Å²) in [5, 5.41) is 0. The molecule has 0 unspecified atom stereocenters. The van der Waals surface area contributed by atoms with E-state index < -0.39 is 0 Å². The van der Waals surface area contributed by atoms with Crippen LogP contribution in [0.4, 0.5) is 0 Å². The standard InChI is InChI=1S/C11H19/c1-3-5-7-9-11-10-8-6-4-2/h6-9H,1,3-5,10-11H2,2H3/b8-6+,9-7+. The number of unbranched alkanes of at least 4 members (excludes halogenated alkanes) is 2. The highest BCUT2D eigenvalue weighted by atomic mass is 13.8. The average molecular weight is 151 g/mol. The normalized spacial score (nSPS) is 11.8. The minimum atomic E-state index is 1.02. The lowest BCUT2D eigenvalue weighted by molar-refractivity contribution is 0.998. The molecule has 0 aliphatic carbocycles. The second-order valence-corrected chi connectivity index (χ2v) is 2.57. The SMILES string of the molecule is [CH2]CC/C=C/CC/C=C/CC. The van der Waals surface area contributed by atoms with E-state index in [1.807, 2.05) is 0 Å². The Kier molecular flexibility index (Phi) is 9.03. The van der Waals surface area contributed by atoms with E-state index in [1.165, 1.54) is 12.8 Å². The van der Waals surface area contributed by atoms with Crippen LogP contribution in [0.25, 0.3) is 0 Å². The fourth-order valence-electron chi connectivity index (χ4n) is 0.831. The maximum atomic E-state index is 3.77. The predicted octanol–water partition coefficient (Wildman–Crippen LogP) is 3.90. The molecule has 11 heavy (non-hydrogen) atoms. The molecular formula is C11H19. The smallest absolute Gasteiger partial charge is 0.0316 e. The fraction of sp³-hybridized carbons (Fsp3) is 0.545. The Bertz CT molecular complexity index is 109. The molecule has 0 saturated carbocycles. The molecule has 0 amide bonds. The molecule has 0 rings (SSSR count). The molecule has 0 aliphatic heterocycles. The van der Waals surface area contributed by atoms with Crippen molar-refractivity contribution in [3.05, 3.63) is 31.2 Å². The Morgan fingerprint density at radius 3 is 2.00 bits per heavy atom. The summed E-state index contributed by atoms with van der Waals surface area (Å²) in [6.45, 7) is 5.93. The quantitative estimate of drug-likeness (QED) is 0.399. The van der Waals surface area contributed by atoms with Crippen molar-refractivity contribution in [2.45, 2.75) is 39.0 Å². The van der Waals surface area contributed by atoms with Crippen LogP contribution in [-0.4, -0.2) is 0 Å². The largest absolute Gasteiger partial charge is 0.0888 e. The van der Waals surface area contributed by atoms with Gasteiger partial charge in [0.05, 0.1) is 0 Å². The first-order valence-electron chi connectivity index (χ1n) is 4.51. The van der Waals surface area contributed by atoms with Gasteiger partial charge >= 0.3 is 0 Å². The van der Waals surface area contributed by atoms with Gasteiger partial charge in [-0.2, -0.15) is 0 Å². The Hall–Kier alpha value is -0.520. The number of rotatable bonds is 6. The third-order valence-electron chi connectivity index (χ3n) is 1.44. The molecule has 0 heteroatoms. The van der Waals surface area contributed by atoms with Crippen LogP contribution in [0, 0.1) is 6.92 Å². The molecule has 0 spiro atoms. The first kappa shape index (κ1) is 10.5. The lowest BCUT2D eigenvalue weighted by Crippen LogP contribution is -1.66. The van der Waals surface area contributed by atoms with Gasteiger partial charge in [0.15, 0.2) is 0 Å². The van der Waals surface area contributed by atoms with Crippen LogP contribution < -0.4 is 0 Å².